The first kappa shape index (κ1) is 39.6. The third-order valence-corrected chi connectivity index (χ3v) is 10.7. The van der Waals surface area contributed by atoms with Crippen LogP contribution < -0.4 is 26.0 Å². The number of rotatable bonds is 7. The number of aromatic nitrogens is 5. The zero-order chi connectivity index (χ0) is 42.8. The van der Waals surface area contributed by atoms with E-state index < -0.39 is 70.6 Å². The van der Waals surface area contributed by atoms with Gasteiger partial charge < -0.3 is 15.0 Å². The molecule has 0 spiro atoms. The Labute approximate surface area is 341 Å². The number of halogens is 5. The highest BCUT2D eigenvalue weighted by molar-refractivity contribution is 7.81. The lowest BCUT2D eigenvalue weighted by Crippen LogP contribution is -2.44. The molecule has 3 N–H and O–H groups in total. The van der Waals surface area contributed by atoms with Crippen molar-refractivity contribution in [3.8, 4) is 6.07 Å². The van der Waals surface area contributed by atoms with Gasteiger partial charge in [-0.25, -0.2) is 23.7 Å². The van der Waals surface area contributed by atoms with E-state index in [4.69, 9.17) is 17.0 Å². The number of thiocarbonyl (C=S) groups is 1. The second-order valence-corrected chi connectivity index (χ2v) is 14.8. The molecule has 60 heavy (non-hydrogen) atoms. The molecule has 4 aromatic carbocycles. The summed E-state index contributed by atoms with van der Waals surface area (Å²) in [4.78, 5) is 45.6. The lowest BCUT2D eigenvalue weighted by molar-refractivity contribution is -0.137. The van der Waals surface area contributed by atoms with Gasteiger partial charge in [0.1, 0.15) is 35.9 Å². The summed E-state index contributed by atoms with van der Waals surface area (Å²) in [6.07, 6.45) is -4.41. The number of carbonyl (C=O) groups excluding carboxylic acids is 2. The van der Waals surface area contributed by atoms with Gasteiger partial charge in [0.05, 0.1) is 45.9 Å². The van der Waals surface area contributed by atoms with Crippen molar-refractivity contribution in [2.45, 2.75) is 44.1 Å². The zero-order valence-electron chi connectivity index (χ0n) is 31.4. The van der Waals surface area contributed by atoms with Crippen molar-refractivity contribution in [2.24, 2.45) is 7.05 Å². The summed E-state index contributed by atoms with van der Waals surface area (Å²) in [5.41, 5.74) is -2.18. The molecule has 14 nitrogen and oxygen atoms in total. The number of nitriles is 1. The number of amides is 2. The SMILES string of the molecule is Cn1ncnc1C1c2n[nH]c(=O)c3cc(F)cc(c23)N[C@@H]1c1ccc(NC(=O)OCc2ccc(N3C(=S)N(c4ccc(C#N)c(C(F)(F)F)c4)C(=O)C3(C)C)cc2F)cc1. The molecule has 2 aliphatic rings. The number of H-pyrrole nitrogens is 1. The van der Waals surface area contributed by atoms with Gasteiger partial charge in [-0.05, 0) is 86.2 Å². The van der Waals surface area contributed by atoms with E-state index in [9.17, 15) is 37.2 Å². The molecular weight excluding hydrogens is 812 g/mol. The Balaban J connectivity index is 0.962. The minimum atomic E-state index is -4.88. The predicted octanol–water partition coefficient (Wildman–Crippen LogP) is 7.18. The normalized spacial score (nSPS) is 17.1. The quantitative estimate of drug-likeness (QED) is 0.110. The highest BCUT2D eigenvalue weighted by atomic mass is 32.1. The standard InChI is InChI=1S/C40H29F5N10O4S/c1-39(2)36(57)54(24-10-6-20(16-46)27(14-24)40(43,44)45)38(60)55(39)25-11-7-21(28(42)15-25)17-59-37(58)49-23-8-4-19(5-9-23)32-31(34-47-18-48-53(34)3)33-30-26(35(56)52-51-33)12-22(41)13-29(30)50-32/h4-15,18,31-32,50H,17H2,1-3H3,(H,49,58)(H,52,56)/t31?,32-/m1/s1. The average Bonchev–Trinajstić information content (AvgIpc) is 3.70. The molecule has 4 heterocycles. The summed E-state index contributed by atoms with van der Waals surface area (Å²) in [7, 11) is 1.71. The van der Waals surface area contributed by atoms with Gasteiger partial charge in [-0.3, -0.25) is 24.5 Å². The van der Waals surface area contributed by atoms with E-state index >= 15 is 4.39 Å². The molecule has 1 fully saturated rings. The van der Waals surface area contributed by atoms with Crippen LogP contribution in [0.25, 0.3) is 10.8 Å². The number of ether oxygens (including phenoxy) is 1. The second kappa shape index (κ2) is 14.5. The lowest BCUT2D eigenvalue weighted by Gasteiger charge is -2.33. The first-order chi connectivity index (χ1) is 28.5. The first-order valence-corrected chi connectivity index (χ1v) is 18.3. The Hall–Kier alpha value is -7.27. The van der Waals surface area contributed by atoms with Crippen molar-refractivity contribution >= 4 is 62.9 Å². The van der Waals surface area contributed by atoms with E-state index in [0.29, 0.717) is 39.9 Å². The molecule has 0 saturated carbocycles. The molecule has 2 aliphatic heterocycles. The molecule has 20 heteroatoms. The largest absolute Gasteiger partial charge is 0.444 e. The number of nitrogens with zero attached hydrogens (tertiary/aromatic N) is 7. The predicted molar refractivity (Wildman–Crippen MR) is 211 cm³/mol. The van der Waals surface area contributed by atoms with E-state index in [1.165, 1.54) is 55.4 Å². The summed E-state index contributed by atoms with van der Waals surface area (Å²) in [5, 5.41) is 26.5. The van der Waals surface area contributed by atoms with Gasteiger partial charge in [0.25, 0.3) is 11.5 Å². The molecule has 2 amide bonds. The molecule has 2 aromatic heterocycles. The van der Waals surface area contributed by atoms with E-state index in [0.717, 1.165) is 23.1 Å². The summed E-state index contributed by atoms with van der Waals surface area (Å²) in [6.45, 7) is 2.46. The highest BCUT2D eigenvalue weighted by Crippen LogP contribution is 2.46. The van der Waals surface area contributed by atoms with Crippen LogP contribution >= 0.6 is 12.2 Å². The Morgan fingerprint density at radius 3 is 2.43 bits per heavy atom. The topological polar surface area (TPSA) is 174 Å². The third kappa shape index (κ3) is 6.71. The molecule has 6 aromatic rings. The van der Waals surface area contributed by atoms with E-state index in [2.05, 4.69) is 30.9 Å². The lowest BCUT2D eigenvalue weighted by atomic mass is 9.83. The van der Waals surface area contributed by atoms with Crippen LogP contribution in [-0.4, -0.2) is 47.6 Å². The highest BCUT2D eigenvalue weighted by Gasteiger charge is 2.51. The molecule has 1 unspecified atom stereocenters. The van der Waals surface area contributed by atoms with Gasteiger partial charge in [-0.2, -0.15) is 28.6 Å². The molecule has 0 radical (unpaired) electrons. The van der Waals surface area contributed by atoms with Gasteiger partial charge in [0, 0.05) is 35.1 Å². The van der Waals surface area contributed by atoms with Crippen LogP contribution in [0, 0.1) is 23.0 Å². The van der Waals surface area contributed by atoms with Crippen LogP contribution in [-0.2, 0) is 29.4 Å². The number of anilines is 4. The Morgan fingerprint density at radius 2 is 1.77 bits per heavy atom. The van der Waals surface area contributed by atoms with Crippen LogP contribution in [0.1, 0.15) is 59.6 Å². The summed E-state index contributed by atoms with van der Waals surface area (Å²) in [5.74, 6) is -2.19. The van der Waals surface area contributed by atoms with Crippen LogP contribution in [0.4, 0.5) is 49.5 Å². The Kier molecular flexibility index (Phi) is 9.58. The van der Waals surface area contributed by atoms with Crippen LogP contribution in [0.3, 0.4) is 0 Å². The maximum Gasteiger partial charge on any atom is 0.417 e. The molecule has 1 saturated heterocycles. The number of hydrogen-bond acceptors (Lipinski definition) is 10. The molecule has 0 aliphatic carbocycles. The van der Waals surface area contributed by atoms with Crippen molar-refractivity contribution in [1.29, 1.82) is 5.26 Å². The van der Waals surface area contributed by atoms with Crippen molar-refractivity contribution in [2.75, 3.05) is 20.4 Å². The fourth-order valence-corrected chi connectivity index (χ4v) is 8.02. The van der Waals surface area contributed by atoms with Gasteiger partial charge in [-0.1, -0.05) is 18.2 Å². The number of carbonyl (C=O) groups is 2. The third-order valence-electron chi connectivity index (χ3n) is 10.4. The maximum absolute atomic E-state index is 15.5. The maximum atomic E-state index is 15.5. The molecule has 8 rings (SSSR count). The van der Waals surface area contributed by atoms with Gasteiger partial charge in [0.15, 0.2) is 5.11 Å². The number of aryl methyl sites for hydroxylation is 1. The first-order valence-electron chi connectivity index (χ1n) is 17.9. The Bertz CT molecular complexity index is 2870. The number of hydrogen-bond donors (Lipinski definition) is 3. The van der Waals surface area contributed by atoms with Crippen molar-refractivity contribution in [1.82, 2.24) is 25.0 Å². The van der Waals surface area contributed by atoms with Crippen molar-refractivity contribution < 1.29 is 36.3 Å². The Morgan fingerprint density at radius 1 is 1.03 bits per heavy atom. The monoisotopic (exact) mass is 840 g/mol. The molecule has 304 valence electrons. The second-order valence-electron chi connectivity index (χ2n) is 14.4. The summed E-state index contributed by atoms with van der Waals surface area (Å²) >= 11 is 5.53. The smallest absolute Gasteiger partial charge is 0.417 e. The minimum Gasteiger partial charge on any atom is -0.444 e. The number of benzene rings is 4. The zero-order valence-corrected chi connectivity index (χ0v) is 32.2. The molecule has 0 bridgehead atoms. The van der Waals surface area contributed by atoms with Crippen molar-refractivity contribution in [3.63, 3.8) is 0 Å². The number of aromatic amines is 1. The fraction of sp³-hybridized carbons (Fsp3) is 0.200. The van der Waals surface area contributed by atoms with E-state index in [1.54, 1.807) is 36.0 Å². The van der Waals surface area contributed by atoms with Crippen LogP contribution in [0.15, 0.2) is 83.9 Å². The van der Waals surface area contributed by atoms with Gasteiger partial charge >= 0.3 is 12.3 Å². The van der Waals surface area contributed by atoms with Crippen LogP contribution in [0.2, 0.25) is 0 Å². The van der Waals surface area contributed by atoms with E-state index in [-0.39, 0.29) is 27.4 Å². The van der Waals surface area contributed by atoms with Crippen LogP contribution in [0.5, 0.6) is 0 Å². The minimum absolute atomic E-state index is 0.0304. The van der Waals surface area contributed by atoms with Gasteiger partial charge in [0.2, 0.25) is 0 Å². The fourth-order valence-electron chi connectivity index (χ4n) is 7.49. The van der Waals surface area contributed by atoms with E-state index in [1.807, 2.05) is 0 Å². The number of nitrogens with one attached hydrogen (secondary N) is 3. The number of alkyl halides is 3. The summed E-state index contributed by atoms with van der Waals surface area (Å²) in [6, 6.07) is 16.6. The summed E-state index contributed by atoms with van der Waals surface area (Å²) < 4.78 is 78.2. The van der Waals surface area contributed by atoms with Gasteiger partial charge in [-0.15, -0.1) is 0 Å². The average molecular weight is 841 g/mol. The molecular formula is C40H29F5N10O4S. The molecule has 2 atom stereocenters. The van der Waals surface area contributed by atoms with Crippen molar-refractivity contribution in [3.05, 3.63) is 135 Å².